The predicted molar refractivity (Wildman–Crippen MR) is 114 cm³/mol. The molecule has 4 rings (SSSR count). The van der Waals surface area contributed by atoms with Crippen LogP contribution in [0.15, 0.2) is 58.2 Å². The highest BCUT2D eigenvalue weighted by Crippen LogP contribution is 2.24. The second kappa shape index (κ2) is 8.06. The first-order valence-electron chi connectivity index (χ1n) is 9.46. The van der Waals surface area contributed by atoms with Gasteiger partial charge in [-0.25, -0.2) is 8.42 Å². The van der Waals surface area contributed by atoms with Crippen molar-refractivity contribution in [3.63, 3.8) is 0 Å². The summed E-state index contributed by atoms with van der Waals surface area (Å²) in [5.41, 5.74) is 1.32. The van der Waals surface area contributed by atoms with Gasteiger partial charge in [-0.15, -0.1) is 0 Å². The van der Waals surface area contributed by atoms with Crippen molar-refractivity contribution in [2.24, 2.45) is 0 Å². The number of sulfonamides is 1. The molecule has 148 valence electrons. The SMILES string of the molecule is O=c1sc2cc(NS(=O)(=O)c3ccccc3)ccc2n1CCN1CCCCC1. The molecule has 1 aliphatic heterocycles. The van der Waals surface area contributed by atoms with Gasteiger partial charge in [0.1, 0.15) is 0 Å². The minimum atomic E-state index is -3.65. The number of hydrogen-bond acceptors (Lipinski definition) is 5. The Morgan fingerprint density at radius 1 is 0.964 bits per heavy atom. The molecule has 0 bridgehead atoms. The van der Waals surface area contributed by atoms with E-state index in [1.807, 2.05) is 6.07 Å². The Hall–Kier alpha value is -2.16. The number of likely N-dealkylation sites (tertiary alicyclic amines) is 1. The minimum absolute atomic E-state index is 0.00456. The average molecular weight is 418 g/mol. The van der Waals surface area contributed by atoms with E-state index in [4.69, 9.17) is 0 Å². The van der Waals surface area contributed by atoms with Crippen molar-refractivity contribution in [3.05, 3.63) is 58.2 Å². The largest absolute Gasteiger partial charge is 0.308 e. The van der Waals surface area contributed by atoms with Gasteiger partial charge in [0.05, 0.1) is 20.8 Å². The normalized spacial score (nSPS) is 15.7. The van der Waals surface area contributed by atoms with Crippen molar-refractivity contribution in [3.8, 4) is 0 Å². The molecule has 0 aliphatic carbocycles. The van der Waals surface area contributed by atoms with Crippen molar-refractivity contribution in [1.29, 1.82) is 0 Å². The Morgan fingerprint density at radius 2 is 1.71 bits per heavy atom. The smallest absolute Gasteiger partial charge is 0.302 e. The molecule has 6 nitrogen and oxygen atoms in total. The molecule has 1 aromatic heterocycles. The van der Waals surface area contributed by atoms with Gasteiger partial charge in [-0.3, -0.25) is 14.1 Å². The molecule has 1 aliphatic rings. The van der Waals surface area contributed by atoms with Crippen LogP contribution >= 0.6 is 11.3 Å². The topological polar surface area (TPSA) is 71.4 Å². The van der Waals surface area contributed by atoms with Gasteiger partial charge in [0.25, 0.3) is 10.0 Å². The molecule has 2 heterocycles. The highest BCUT2D eigenvalue weighted by atomic mass is 32.2. The maximum absolute atomic E-state index is 12.5. The van der Waals surface area contributed by atoms with E-state index in [1.165, 1.54) is 19.3 Å². The molecule has 1 saturated heterocycles. The van der Waals surface area contributed by atoms with E-state index in [-0.39, 0.29) is 9.77 Å². The number of aromatic nitrogens is 1. The molecule has 1 N–H and O–H groups in total. The van der Waals surface area contributed by atoms with Gasteiger partial charge in [0, 0.05) is 13.1 Å². The number of nitrogens with zero attached hydrogens (tertiary/aromatic N) is 2. The lowest BCUT2D eigenvalue weighted by atomic mass is 10.1. The highest BCUT2D eigenvalue weighted by molar-refractivity contribution is 7.92. The number of rotatable bonds is 6. The molecular weight excluding hydrogens is 394 g/mol. The summed E-state index contributed by atoms with van der Waals surface area (Å²) in [6.45, 7) is 3.73. The molecule has 0 spiro atoms. The summed E-state index contributed by atoms with van der Waals surface area (Å²) in [5.74, 6) is 0. The van der Waals surface area contributed by atoms with E-state index in [2.05, 4.69) is 9.62 Å². The molecular formula is C20H23N3O3S2. The van der Waals surface area contributed by atoms with Crippen LogP contribution in [0.4, 0.5) is 5.69 Å². The Kier molecular flexibility index (Phi) is 5.52. The first kappa shape index (κ1) is 19.2. The lowest BCUT2D eigenvalue weighted by Gasteiger charge is -2.26. The van der Waals surface area contributed by atoms with Crippen LogP contribution in [0.25, 0.3) is 10.2 Å². The Labute approximate surface area is 168 Å². The van der Waals surface area contributed by atoms with E-state index in [0.29, 0.717) is 12.2 Å². The predicted octanol–water partition coefficient (Wildman–Crippen LogP) is 3.35. The number of thiazole rings is 1. The minimum Gasteiger partial charge on any atom is -0.302 e. The third-order valence-electron chi connectivity index (χ3n) is 5.06. The van der Waals surface area contributed by atoms with Crippen LogP contribution in [0.2, 0.25) is 0 Å². The number of benzene rings is 2. The molecule has 1 fully saturated rings. The van der Waals surface area contributed by atoms with E-state index in [9.17, 15) is 13.2 Å². The molecule has 0 saturated carbocycles. The van der Waals surface area contributed by atoms with Crippen LogP contribution in [-0.4, -0.2) is 37.5 Å². The molecule has 8 heteroatoms. The summed E-state index contributed by atoms with van der Waals surface area (Å²) in [5, 5.41) is 0. The molecule has 0 atom stereocenters. The summed E-state index contributed by atoms with van der Waals surface area (Å²) < 4.78 is 30.2. The van der Waals surface area contributed by atoms with Crippen molar-refractivity contribution in [1.82, 2.24) is 9.47 Å². The van der Waals surface area contributed by atoms with E-state index < -0.39 is 10.0 Å². The molecule has 28 heavy (non-hydrogen) atoms. The maximum Gasteiger partial charge on any atom is 0.308 e. The summed E-state index contributed by atoms with van der Waals surface area (Å²) in [4.78, 5) is 15.1. The Balaban J connectivity index is 1.54. The number of hydrogen-bond donors (Lipinski definition) is 1. The lowest BCUT2D eigenvalue weighted by molar-refractivity contribution is 0.221. The fourth-order valence-corrected chi connectivity index (χ4v) is 5.61. The van der Waals surface area contributed by atoms with Gasteiger partial charge in [0.2, 0.25) is 0 Å². The van der Waals surface area contributed by atoms with Crippen molar-refractivity contribution < 1.29 is 8.42 Å². The van der Waals surface area contributed by atoms with Gasteiger partial charge in [-0.05, 0) is 56.3 Å². The molecule has 3 aromatic rings. The lowest BCUT2D eigenvalue weighted by Crippen LogP contribution is -2.33. The second-order valence-corrected chi connectivity index (χ2v) is 9.70. The molecule has 0 amide bonds. The Bertz CT molecular complexity index is 1110. The fourth-order valence-electron chi connectivity index (χ4n) is 3.58. The zero-order chi connectivity index (χ0) is 19.6. The summed E-state index contributed by atoms with van der Waals surface area (Å²) in [7, 11) is -3.65. The Morgan fingerprint density at radius 3 is 2.46 bits per heavy atom. The number of fused-ring (bicyclic) bond motifs is 1. The summed E-state index contributed by atoms with van der Waals surface area (Å²) >= 11 is 1.16. The molecule has 0 unspecified atom stereocenters. The third-order valence-corrected chi connectivity index (χ3v) is 7.40. The van der Waals surface area contributed by atoms with Crippen LogP contribution < -0.4 is 9.60 Å². The first-order chi connectivity index (χ1) is 13.5. The third kappa shape index (κ3) is 4.14. The van der Waals surface area contributed by atoms with Crippen molar-refractivity contribution >= 4 is 37.3 Å². The zero-order valence-corrected chi connectivity index (χ0v) is 17.1. The monoisotopic (exact) mass is 417 g/mol. The van der Waals surface area contributed by atoms with Gasteiger partial charge in [-0.2, -0.15) is 0 Å². The summed E-state index contributed by atoms with van der Waals surface area (Å²) in [6.07, 6.45) is 3.74. The van der Waals surface area contributed by atoms with Crippen molar-refractivity contribution in [2.75, 3.05) is 24.4 Å². The van der Waals surface area contributed by atoms with Gasteiger partial charge < -0.3 is 4.90 Å². The zero-order valence-electron chi connectivity index (χ0n) is 15.5. The summed E-state index contributed by atoms with van der Waals surface area (Å²) in [6, 6.07) is 13.5. The van der Waals surface area contributed by atoms with Gasteiger partial charge >= 0.3 is 4.87 Å². The maximum atomic E-state index is 12.5. The van der Waals surface area contributed by atoms with Crippen LogP contribution in [0.5, 0.6) is 0 Å². The number of nitrogens with one attached hydrogen (secondary N) is 1. The number of piperidine rings is 1. The van der Waals surface area contributed by atoms with Crippen LogP contribution in [0.1, 0.15) is 19.3 Å². The first-order valence-corrected chi connectivity index (χ1v) is 11.8. The van der Waals surface area contributed by atoms with Crippen LogP contribution in [0, 0.1) is 0 Å². The van der Waals surface area contributed by atoms with Crippen LogP contribution in [0.3, 0.4) is 0 Å². The average Bonchev–Trinajstić information content (AvgIpc) is 3.02. The van der Waals surface area contributed by atoms with E-state index in [0.717, 1.165) is 41.2 Å². The standard InChI is InChI=1S/C20H23N3O3S2/c24-20-23(14-13-22-11-5-2-6-12-22)18-10-9-16(15-19(18)27-20)21-28(25,26)17-7-3-1-4-8-17/h1,3-4,7-10,15,21H,2,5-6,11-14H2. The fraction of sp³-hybridized carbons (Fsp3) is 0.350. The van der Waals surface area contributed by atoms with Crippen molar-refractivity contribution in [2.45, 2.75) is 30.7 Å². The van der Waals surface area contributed by atoms with E-state index in [1.54, 1.807) is 47.0 Å². The second-order valence-electron chi connectivity index (χ2n) is 7.02. The molecule has 0 radical (unpaired) electrons. The quantitative estimate of drug-likeness (QED) is 0.668. The van der Waals surface area contributed by atoms with Gasteiger partial charge in [-0.1, -0.05) is 36.0 Å². The highest BCUT2D eigenvalue weighted by Gasteiger charge is 2.16. The van der Waals surface area contributed by atoms with Crippen LogP contribution in [-0.2, 0) is 16.6 Å². The van der Waals surface area contributed by atoms with Gasteiger partial charge in [0.15, 0.2) is 0 Å². The number of anilines is 1. The molecule has 2 aromatic carbocycles. The van der Waals surface area contributed by atoms with E-state index >= 15 is 0 Å².